The fraction of sp³-hybridized carbons (Fsp3) is 0.538. The summed E-state index contributed by atoms with van der Waals surface area (Å²) in [5.74, 6) is -1.98. The SMILES string of the molecule is CC1(C)OB([C@H](N)c2cc(F)ccc2F)OC1(C)C. The summed E-state index contributed by atoms with van der Waals surface area (Å²) in [5, 5.41) is 0. The number of hydrogen-bond acceptors (Lipinski definition) is 3. The molecule has 0 radical (unpaired) electrons. The molecule has 1 aromatic carbocycles. The van der Waals surface area contributed by atoms with E-state index in [9.17, 15) is 8.78 Å². The lowest BCUT2D eigenvalue weighted by atomic mass is 9.74. The zero-order valence-corrected chi connectivity index (χ0v) is 11.5. The van der Waals surface area contributed by atoms with Crippen LogP contribution in [0, 0.1) is 11.6 Å². The van der Waals surface area contributed by atoms with Gasteiger partial charge in [-0.05, 0) is 45.9 Å². The first kappa shape index (κ1) is 14.4. The van der Waals surface area contributed by atoms with Crippen LogP contribution in [0.25, 0.3) is 0 Å². The minimum Gasteiger partial charge on any atom is -0.402 e. The van der Waals surface area contributed by atoms with Crippen LogP contribution in [-0.4, -0.2) is 18.3 Å². The summed E-state index contributed by atoms with van der Waals surface area (Å²) >= 11 is 0. The van der Waals surface area contributed by atoms with Crippen LogP contribution >= 0.6 is 0 Å². The molecular formula is C13H18BF2NO2. The molecule has 1 aliphatic rings. The largest absolute Gasteiger partial charge is 0.480 e. The maximum Gasteiger partial charge on any atom is 0.480 e. The Balaban J connectivity index is 2.27. The van der Waals surface area contributed by atoms with E-state index >= 15 is 0 Å². The molecule has 1 fully saturated rings. The van der Waals surface area contributed by atoms with E-state index in [1.807, 2.05) is 27.7 Å². The van der Waals surface area contributed by atoms with E-state index in [0.29, 0.717) is 0 Å². The van der Waals surface area contributed by atoms with Crippen LogP contribution in [0.2, 0.25) is 0 Å². The van der Waals surface area contributed by atoms with Crippen molar-refractivity contribution in [1.82, 2.24) is 0 Å². The predicted molar refractivity (Wildman–Crippen MR) is 69.4 cm³/mol. The first-order valence-electron chi connectivity index (χ1n) is 6.20. The Morgan fingerprint density at radius 3 is 2.16 bits per heavy atom. The van der Waals surface area contributed by atoms with Crippen molar-refractivity contribution >= 4 is 7.12 Å². The Morgan fingerprint density at radius 2 is 1.63 bits per heavy atom. The third kappa shape index (κ3) is 2.52. The van der Waals surface area contributed by atoms with E-state index in [1.165, 1.54) is 0 Å². The van der Waals surface area contributed by atoms with Gasteiger partial charge in [0.25, 0.3) is 0 Å². The Bertz CT molecular complexity index is 478. The van der Waals surface area contributed by atoms with E-state index in [1.54, 1.807) is 0 Å². The van der Waals surface area contributed by atoms with Crippen LogP contribution in [0.15, 0.2) is 18.2 Å². The molecule has 0 aliphatic carbocycles. The molecular weight excluding hydrogens is 251 g/mol. The van der Waals surface area contributed by atoms with Crippen LogP contribution in [0.3, 0.4) is 0 Å². The average molecular weight is 269 g/mol. The predicted octanol–water partition coefficient (Wildman–Crippen LogP) is 2.60. The van der Waals surface area contributed by atoms with Crippen molar-refractivity contribution in [3.8, 4) is 0 Å². The summed E-state index contributed by atoms with van der Waals surface area (Å²) in [6, 6.07) is 3.18. The zero-order chi connectivity index (χ0) is 14.4. The molecule has 0 saturated carbocycles. The lowest BCUT2D eigenvalue weighted by Gasteiger charge is -2.32. The molecule has 1 heterocycles. The van der Waals surface area contributed by atoms with Gasteiger partial charge in [0, 0.05) is 5.56 Å². The average Bonchev–Trinajstić information content (AvgIpc) is 2.51. The van der Waals surface area contributed by atoms with Crippen LogP contribution in [0.4, 0.5) is 8.78 Å². The zero-order valence-electron chi connectivity index (χ0n) is 11.5. The van der Waals surface area contributed by atoms with Gasteiger partial charge in [-0.15, -0.1) is 0 Å². The van der Waals surface area contributed by atoms with E-state index < -0.39 is 35.9 Å². The fourth-order valence-electron chi connectivity index (χ4n) is 1.95. The molecule has 2 rings (SSSR count). The molecule has 1 saturated heterocycles. The lowest BCUT2D eigenvalue weighted by molar-refractivity contribution is 0.00578. The Kier molecular flexibility index (Phi) is 3.45. The molecule has 2 N–H and O–H groups in total. The van der Waals surface area contributed by atoms with Gasteiger partial charge in [-0.25, -0.2) is 8.78 Å². The van der Waals surface area contributed by atoms with Crippen LogP contribution in [-0.2, 0) is 9.31 Å². The van der Waals surface area contributed by atoms with Gasteiger partial charge >= 0.3 is 7.12 Å². The van der Waals surface area contributed by atoms with Gasteiger partial charge in [-0.1, -0.05) is 0 Å². The van der Waals surface area contributed by atoms with Gasteiger partial charge in [-0.3, -0.25) is 0 Å². The normalized spacial score (nSPS) is 22.6. The van der Waals surface area contributed by atoms with Crippen molar-refractivity contribution in [2.45, 2.75) is 44.8 Å². The topological polar surface area (TPSA) is 44.5 Å². The molecule has 1 aliphatic heterocycles. The van der Waals surface area contributed by atoms with Crippen LogP contribution in [0.5, 0.6) is 0 Å². The Labute approximate surface area is 112 Å². The van der Waals surface area contributed by atoms with Gasteiger partial charge < -0.3 is 15.0 Å². The van der Waals surface area contributed by atoms with Crippen molar-refractivity contribution in [3.63, 3.8) is 0 Å². The minimum absolute atomic E-state index is 0.0542. The minimum atomic E-state index is -0.878. The lowest BCUT2D eigenvalue weighted by Crippen LogP contribution is -2.41. The van der Waals surface area contributed by atoms with E-state index in [4.69, 9.17) is 15.0 Å². The van der Waals surface area contributed by atoms with E-state index in [0.717, 1.165) is 18.2 Å². The number of halogens is 2. The third-order valence-corrected chi connectivity index (χ3v) is 3.88. The second-order valence-electron chi connectivity index (χ2n) is 5.82. The first-order chi connectivity index (χ1) is 8.64. The van der Waals surface area contributed by atoms with Crippen molar-refractivity contribution in [2.24, 2.45) is 5.73 Å². The van der Waals surface area contributed by atoms with Crippen molar-refractivity contribution in [1.29, 1.82) is 0 Å². The van der Waals surface area contributed by atoms with Gasteiger partial charge in [0.05, 0.1) is 17.1 Å². The first-order valence-corrected chi connectivity index (χ1v) is 6.20. The summed E-state index contributed by atoms with van der Waals surface area (Å²) in [6.45, 7) is 7.51. The fourth-order valence-corrected chi connectivity index (χ4v) is 1.95. The van der Waals surface area contributed by atoms with Crippen LogP contribution < -0.4 is 5.73 Å². The molecule has 0 bridgehead atoms. The Morgan fingerprint density at radius 1 is 1.11 bits per heavy atom. The highest BCUT2D eigenvalue weighted by atomic mass is 19.1. The van der Waals surface area contributed by atoms with Crippen molar-refractivity contribution in [3.05, 3.63) is 35.4 Å². The molecule has 19 heavy (non-hydrogen) atoms. The summed E-state index contributed by atoms with van der Waals surface area (Å²) in [4.78, 5) is 0. The summed E-state index contributed by atoms with van der Waals surface area (Å²) in [7, 11) is -0.804. The van der Waals surface area contributed by atoms with E-state index in [-0.39, 0.29) is 5.56 Å². The smallest absolute Gasteiger partial charge is 0.402 e. The number of benzene rings is 1. The standard InChI is InChI=1S/C13H18BF2NO2/c1-12(2)13(3,4)19-14(18-12)11(17)9-7-8(15)5-6-10(9)16/h5-7,11H,17H2,1-4H3/t11-/m1/s1. The second-order valence-corrected chi connectivity index (χ2v) is 5.82. The van der Waals surface area contributed by atoms with Gasteiger partial charge in [0.1, 0.15) is 11.6 Å². The quantitative estimate of drug-likeness (QED) is 0.839. The van der Waals surface area contributed by atoms with Crippen molar-refractivity contribution in [2.75, 3.05) is 0 Å². The molecule has 6 heteroatoms. The monoisotopic (exact) mass is 269 g/mol. The number of nitrogens with two attached hydrogens (primary N) is 1. The van der Waals surface area contributed by atoms with Crippen molar-refractivity contribution < 1.29 is 18.1 Å². The van der Waals surface area contributed by atoms with E-state index in [2.05, 4.69) is 0 Å². The molecule has 104 valence electrons. The molecule has 0 unspecified atom stereocenters. The molecule has 3 nitrogen and oxygen atoms in total. The summed E-state index contributed by atoms with van der Waals surface area (Å²) in [6.07, 6.45) is 0. The number of hydrogen-bond donors (Lipinski definition) is 1. The molecule has 1 aromatic rings. The third-order valence-electron chi connectivity index (χ3n) is 3.88. The molecule has 0 spiro atoms. The molecule has 1 atom stereocenters. The molecule has 0 aromatic heterocycles. The van der Waals surface area contributed by atoms with Gasteiger partial charge in [-0.2, -0.15) is 0 Å². The van der Waals surface area contributed by atoms with Gasteiger partial charge in [0.2, 0.25) is 0 Å². The second kappa shape index (κ2) is 4.54. The van der Waals surface area contributed by atoms with Gasteiger partial charge in [0.15, 0.2) is 0 Å². The maximum absolute atomic E-state index is 13.7. The summed E-state index contributed by atoms with van der Waals surface area (Å²) in [5.41, 5.74) is 4.90. The highest BCUT2D eigenvalue weighted by molar-refractivity contribution is 6.47. The van der Waals surface area contributed by atoms with Crippen LogP contribution in [0.1, 0.15) is 39.2 Å². The molecule has 0 amide bonds. The Hall–Kier alpha value is -0.975. The highest BCUT2D eigenvalue weighted by Crippen LogP contribution is 2.39. The highest BCUT2D eigenvalue weighted by Gasteiger charge is 2.53. The maximum atomic E-state index is 13.7. The summed E-state index contributed by atoms with van der Waals surface area (Å²) < 4.78 is 38.4. The number of rotatable bonds is 2.